The van der Waals surface area contributed by atoms with Gasteiger partial charge < -0.3 is 10.6 Å². The van der Waals surface area contributed by atoms with Gasteiger partial charge in [0, 0.05) is 49.5 Å². The van der Waals surface area contributed by atoms with E-state index in [0.29, 0.717) is 18.0 Å². The highest BCUT2D eigenvalue weighted by Crippen LogP contribution is 2.42. The fourth-order valence-electron chi connectivity index (χ4n) is 5.44. The van der Waals surface area contributed by atoms with E-state index >= 15 is 0 Å². The van der Waals surface area contributed by atoms with Crippen molar-refractivity contribution in [1.29, 1.82) is 0 Å². The normalized spacial score (nSPS) is 20.7. The van der Waals surface area contributed by atoms with Crippen molar-refractivity contribution in [3.05, 3.63) is 68.5 Å². The topological polar surface area (TPSA) is 40.2 Å². The van der Waals surface area contributed by atoms with Gasteiger partial charge in [-0.1, -0.05) is 29.3 Å². The van der Waals surface area contributed by atoms with Gasteiger partial charge in [-0.05, 0) is 84.7 Å². The predicted octanol–water partition coefficient (Wildman–Crippen LogP) is 5.23. The lowest BCUT2D eigenvalue weighted by Gasteiger charge is -2.38. The van der Waals surface area contributed by atoms with Crippen LogP contribution in [-0.4, -0.2) is 55.2 Å². The van der Waals surface area contributed by atoms with Gasteiger partial charge in [0.2, 0.25) is 0 Å². The summed E-state index contributed by atoms with van der Waals surface area (Å²) in [6.07, 6.45) is -1.44. The Morgan fingerprint density at radius 3 is 2.69 bits per heavy atom. The number of halogens is 5. The first-order chi connectivity index (χ1) is 16.8. The maximum absolute atomic E-state index is 13.2. The Labute approximate surface area is 213 Å². The predicted molar refractivity (Wildman–Crippen MR) is 134 cm³/mol. The van der Waals surface area contributed by atoms with Crippen molar-refractivity contribution < 1.29 is 13.2 Å². The lowest BCUT2D eigenvalue weighted by atomic mass is 9.92. The van der Waals surface area contributed by atoms with Crippen LogP contribution in [-0.2, 0) is 19.0 Å². The molecule has 2 aromatic rings. The molecule has 2 aliphatic heterocycles. The number of aromatic nitrogens is 1. The summed E-state index contributed by atoms with van der Waals surface area (Å²) in [4.78, 5) is 6.29. The first-order valence-corrected chi connectivity index (χ1v) is 12.9. The maximum Gasteiger partial charge on any atom is 0.434 e. The molecule has 0 amide bonds. The molecule has 1 atom stereocenters. The monoisotopic (exact) mass is 524 g/mol. The highest BCUT2D eigenvalue weighted by atomic mass is 35.5. The fraction of sp³-hybridized carbons (Fsp3) is 0.500. The van der Waals surface area contributed by atoms with Gasteiger partial charge in [0.1, 0.15) is 0 Å². The van der Waals surface area contributed by atoms with Gasteiger partial charge in [-0.2, -0.15) is 13.2 Å². The van der Waals surface area contributed by atoms with Crippen LogP contribution in [0.15, 0.2) is 35.9 Å². The quantitative estimate of drug-likeness (QED) is 0.495. The van der Waals surface area contributed by atoms with Crippen molar-refractivity contribution in [2.24, 2.45) is 5.92 Å². The lowest BCUT2D eigenvalue weighted by Crippen LogP contribution is -2.51. The zero-order valence-corrected chi connectivity index (χ0v) is 20.9. The summed E-state index contributed by atoms with van der Waals surface area (Å²) in [7, 11) is 0. The van der Waals surface area contributed by atoms with Gasteiger partial charge in [-0.25, -0.2) is 4.98 Å². The van der Waals surface area contributed by atoms with Crippen LogP contribution in [0.2, 0.25) is 10.0 Å². The number of fused-ring (bicyclic) bond motifs is 2. The SMILES string of the molecule is FC(F)(F)c1nc(CCCN2CCC3=C(Cc4ccc(Cl)cc43)C2CNCC2CNC2)ccc1Cl. The van der Waals surface area contributed by atoms with Crippen LogP contribution >= 0.6 is 23.2 Å². The van der Waals surface area contributed by atoms with Gasteiger partial charge in [0.05, 0.1) is 5.02 Å². The van der Waals surface area contributed by atoms with E-state index in [1.54, 1.807) is 6.07 Å². The molecule has 1 unspecified atom stereocenters. The van der Waals surface area contributed by atoms with Crippen LogP contribution in [0.3, 0.4) is 0 Å². The molecule has 1 fully saturated rings. The van der Waals surface area contributed by atoms with Crippen molar-refractivity contribution in [3.63, 3.8) is 0 Å². The highest BCUT2D eigenvalue weighted by Gasteiger charge is 2.36. The molecule has 3 heterocycles. The number of nitrogens with one attached hydrogen (secondary N) is 2. The number of aryl methyl sites for hydroxylation is 1. The minimum atomic E-state index is -4.55. The van der Waals surface area contributed by atoms with Crippen LogP contribution in [0.4, 0.5) is 13.2 Å². The molecule has 0 spiro atoms. The molecule has 4 nitrogen and oxygen atoms in total. The van der Waals surface area contributed by atoms with E-state index < -0.39 is 11.9 Å². The number of rotatable bonds is 8. The minimum Gasteiger partial charge on any atom is -0.316 e. The first kappa shape index (κ1) is 25.0. The Balaban J connectivity index is 1.27. The van der Waals surface area contributed by atoms with Crippen LogP contribution in [0.25, 0.3) is 5.57 Å². The van der Waals surface area contributed by atoms with Crippen molar-refractivity contribution in [2.45, 2.75) is 37.9 Å². The standard InChI is InChI=1S/C26H29Cl2F3N4/c27-18-4-3-17-10-22-20(21(17)11-18)7-9-35(24(22)15-33-14-16-12-32-13-16)8-1-2-19-5-6-23(28)25(34-19)26(29,30)31/h3-6,11,16,24,32-33H,1-2,7-10,12-15H2. The molecule has 0 saturated carbocycles. The summed E-state index contributed by atoms with van der Waals surface area (Å²) >= 11 is 12.0. The third kappa shape index (κ3) is 5.54. The second-order valence-electron chi connectivity index (χ2n) is 9.70. The third-order valence-corrected chi connectivity index (χ3v) is 7.88. The number of hydrogen-bond donors (Lipinski definition) is 2. The molecule has 188 valence electrons. The van der Waals surface area contributed by atoms with E-state index in [1.165, 1.54) is 28.3 Å². The molecule has 9 heteroatoms. The summed E-state index contributed by atoms with van der Waals surface area (Å²) in [6.45, 7) is 5.71. The Kier molecular flexibility index (Phi) is 7.43. The highest BCUT2D eigenvalue weighted by molar-refractivity contribution is 6.31. The molecule has 1 aliphatic carbocycles. The molecule has 5 rings (SSSR count). The van der Waals surface area contributed by atoms with Crippen molar-refractivity contribution in [1.82, 2.24) is 20.5 Å². The summed E-state index contributed by atoms with van der Waals surface area (Å²) in [6, 6.07) is 9.34. The molecule has 3 aliphatic rings. The van der Waals surface area contributed by atoms with Crippen LogP contribution < -0.4 is 10.6 Å². The summed E-state index contributed by atoms with van der Waals surface area (Å²) in [5, 5.41) is 7.41. The number of nitrogens with zero attached hydrogens (tertiary/aromatic N) is 2. The average molecular weight is 525 g/mol. The zero-order chi connectivity index (χ0) is 24.6. The molecule has 1 saturated heterocycles. The van der Waals surface area contributed by atoms with Gasteiger partial charge in [0.15, 0.2) is 5.69 Å². The molecule has 1 aromatic carbocycles. The molecule has 0 bridgehead atoms. The van der Waals surface area contributed by atoms with Crippen LogP contribution in [0, 0.1) is 5.92 Å². The van der Waals surface area contributed by atoms with Crippen LogP contribution in [0.1, 0.15) is 35.4 Å². The number of benzene rings is 1. The molecular formula is C26H29Cl2F3N4. The second-order valence-corrected chi connectivity index (χ2v) is 10.5. The average Bonchev–Trinajstić information content (AvgIpc) is 3.14. The van der Waals surface area contributed by atoms with Gasteiger partial charge in [-0.15, -0.1) is 0 Å². The summed E-state index contributed by atoms with van der Waals surface area (Å²) < 4.78 is 39.5. The Hall–Kier alpha value is -1.64. The zero-order valence-electron chi connectivity index (χ0n) is 19.4. The molecular weight excluding hydrogens is 496 g/mol. The first-order valence-electron chi connectivity index (χ1n) is 12.2. The lowest BCUT2D eigenvalue weighted by molar-refractivity contribution is -0.141. The van der Waals surface area contributed by atoms with E-state index in [0.717, 1.165) is 63.6 Å². The maximum atomic E-state index is 13.2. The molecule has 0 radical (unpaired) electrons. The fourth-order valence-corrected chi connectivity index (χ4v) is 5.82. The Morgan fingerprint density at radius 1 is 1.11 bits per heavy atom. The third-order valence-electron chi connectivity index (χ3n) is 7.34. The number of alkyl halides is 3. The Bertz CT molecular complexity index is 1110. The smallest absolute Gasteiger partial charge is 0.316 e. The van der Waals surface area contributed by atoms with Gasteiger partial charge in [-0.3, -0.25) is 4.90 Å². The summed E-state index contributed by atoms with van der Waals surface area (Å²) in [5.74, 6) is 0.680. The van der Waals surface area contributed by atoms with E-state index in [-0.39, 0.29) is 11.1 Å². The largest absolute Gasteiger partial charge is 0.434 e. The summed E-state index contributed by atoms with van der Waals surface area (Å²) in [5.41, 5.74) is 4.92. The van der Waals surface area contributed by atoms with E-state index in [2.05, 4.69) is 32.7 Å². The second kappa shape index (κ2) is 10.4. The van der Waals surface area contributed by atoms with E-state index in [4.69, 9.17) is 23.2 Å². The number of hydrogen-bond acceptors (Lipinski definition) is 4. The van der Waals surface area contributed by atoms with Crippen molar-refractivity contribution >= 4 is 28.8 Å². The number of pyridine rings is 1. The molecule has 2 N–H and O–H groups in total. The van der Waals surface area contributed by atoms with Crippen molar-refractivity contribution in [3.8, 4) is 0 Å². The molecule has 1 aromatic heterocycles. The molecule has 35 heavy (non-hydrogen) atoms. The van der Waals surface area contributed by atoms with Crippen LogP contribution in [0.5, 0.6) is 0 Å². The van der Waals surface area contributed by atoms with E-state index in [9.17, 15) is 13.2 Å². The van der Waals surface area contributed by atoms with Gasteiger partial charge in [0.25, 0.3) is 0 Å². The Morgan fingerprint density at radius 2 is 1.94 bits per heavy atom. The van der Waals surface area contributed by atoms with Crippen molar-refractivity contribution in [2.75, 3.05) is 39.3 Å². The van der Waals surface area contributed by atoms with Gasteiger partial charge >= 0.3 is 6.18 Å². The minimum absolute atomic E-state index is 0.266. The van der Waals surface area contributed by atoms with E-state index in [1.807, 2.05) is 6.07 Å².